The number of nitrogens with one attached hydrogen (secondary N) is 1. The lowest BCUT2D eigenvalue weighted by Gasteiger charge is -2.35. The van der Waals surface area contributed by atoms with Crippen molar-refractivity contribution in [2.24, 2.45) is 0 Å². The van der Waals surface area contributed by atoms with Crippen LogP contribution in [0.5, 0.6) is 0 Å². The van der Waals surface area contributed by atoms with E-state index in [4.69, 9.17) is 12.2 Å². The molecule has 110 valence electrons. The van der Waals surface area contributed by atoms with Crippen molar-refractivity contribution >= 4 is 28.9 Å². The Balaban J connectivity index is 2.08. The van der Waals surface area contributed by atoms with Gasteiger partial charge in [0.15, 0.2) is 5.11 Å². The molecule has 0 saturated carbocycles. The predicted octanol–water partition coefficient (Wildman–Crippen LogP) is 3.51. The van der Waals surface area contributed by atoms with E-state index in [1.807, 2.05) is 66.7 Å². The van der Waals surface area contributed by atoms with Crippen LogP contribution in [0.1, 0.15) is 24.1 Å². The van der Waals surface area contributed by atoms with Gasteiger partial charge in [0, 0.05) is 12.6 Å². The molecule has 2 aromatic rings. The third-order valence-electron chi connectivity index (χ3n) is 3.63. The maximum atomic E-state index is 12.0. The molecule has 4 heteroatoms. The number of carbonyl (C=O) groups is 1. The zero-order valence-corrected chi connectivity index (χ0v) is 13.0. The summed E-state index contributed by atoms with van der Waals surface area (Å²) in [6.07, 6.45) is 2.04. The Kier molecular flexibility index (Phi) is 4.02. The molecule has 0 spiro atoms. The molecular formula is C18H16N2OS. The SMILES string of the molecule is CC(=O)N1C(=S)NC(c2ccccc2)=CC1c1ccccc1. The van der Waals surface area contributed by atoms with Crippen molar-refractivity contribution in [2.45, 2.75) is 13.0 Å². The van der Waals surface area contributed by atoms with Gasteiger partial charge in [-0.05, 0) is 29.4 Å². The molecule has 1 unspecified atom stereocenters. The highest BCUT2D eigenvalue weighted by atomic mass is 32.1. The molecule has 1 aliphatic heterocycles. The van der Waals surface area contributed by atoms with Crippen molar-refractivity contribution in [3.8, 4) is 0 Å². The van der Waals surface area contributed by atoms with Crippen LogP contribution in [0.2, 0.25) is 0 Å². The highest BCUT2D eigenvalue weighted by Crippen LogP contribution is 2.30. The Hall–Kier alpha value is -2.46. The first-order valence-electron chi connectivity index (χ1n) is 7.10. The van der Waals surface area contributed by atoms with Crippen molar-refractivity contribution < 1.29 is 4.79 Å². The highest BCUT2D eigenvalue weighted by Gasteiger charge is 2.29. The molecule has 0 fully saturated rings. The van der Waals surface area contributed by atoms with Gasteiger partial charge in [-0.25, -0.2) is 0 Å². The Bertz CT molecular complexity index is 725. The molecule has 0 radical (unpaired) electrons. The lowest BCUT2D eigenvalue weighted by molar-refractivity contribution is -0.126. The maximum absolute atomic E-state index is 12.0. The van der Waals surface area contributed by atoms with Gasteiger partial charge in [-0.3, -0.25) is 9.69 Å². The van der Waals surface area contributed by atoms with E-state index in [2.05, 4.69) is 5.32 Å². The van der Waals surface area contributed by atoms with E-state index >= 15 is 0 Å². The number of carbonyl (C=O) groups excluding carboxylic acids is 1. The first-order chi connectivity index (χ1) is 10.7. The molecule has 1 heterocycles. The van der Waals surface area contributed by atoms with Crippen molar-refractivity contribution in [1.29, 1.82) is 0 Å². The largest absolute Gasteiger partial charge is 0.332 e. The minimum Gasteiger partial charge on any atom is -0.332 e. The lowest BCUT2D eigenvalue weighted by Crippen LogP contribution is -2.46. The monoisotopic (exact) mass is 308 g/mol. The minimum absolute atomic E-state index is 0.0743. The molecule has 0 saturated heterocycles. The van der Waals surface area contributed by atoms with E-state index in [9.17, 15) is 4.79 Å². The van der Waals surface area contributed by atoms with Crippen LogP contribution in [0, 0.1) is 0 Å². The van der Waals surface area contributed by atoms with Gasteiger partial charge in [0.1, 0.15) is 0 Å². The molecular weight excluding hydrogens is 292 g/mol. The maximum Gasteiger partial charge on any atom is 0.226 e. The van der Waals surface area contributed by atoms with Crippen molar-refractivity contribution in [3.05, 3.63) is 77.9 Å². The van der Waals surface area contributed by atoms with E-state index < -0.39 is 0 Å². The number of rotatable bonds is 2. The zero-order valence-electron chi connectivity index (χ0n) is 12.2. The first-order valence-corrected chi connectivity index (χ1v) is 7.50. The fourth-order valence-corrected chi connectivity index (χ4v) is 2.95. The number of thiocarbonyl (C=S) groups is 1. The fourth-order valence-electron chi connectivity index (χ4n) is 2.60. The summed E-state index contributed by atoms with van der Waals surface area (Å²) in [6.45, 7) is 1.53. The van der Waals surface area contributed by atoms with Crippen LogP contribution in [0.15, 0.2) is 66.7 Å². The van der Waals surface area contributed by atoms with Crippen LogP contribution in [0.4, 0.5) is 0 Å². The number of amides is 1. The molecule has 2 aromatic carbocycles. The minimum atomic E-state index is -0.192. The molecule has 0 aliphatic carbocycles. The Morgan fingerprint density at radius 3 is 2.23 bits per heavy atom. The Labute approximate surface area is 135 Å². The topological polar surface area (TPSA) is 32.3 Å². The van der Waals surface area contributed by atoms with Crippen molar-refractivity contribution in [1.82, 2.24) is 10.2 Å². The number of hydrogen-bond acceptors (Lipinski definition) is 2. The second-order valence-electron chi connectivity index (χ2n) is 5.12. The molecule has 1 N–H and O–H groups in total. The highest BCUT2D eigenvalue weighted by molar-refractivity contribution is 7.80. The quantitative estimate of drug-likeness (QED) is 0.862. The summed E-state index contributed by atoms with van der Waals surface area (Å²) in [5.74, 6) is -0.0743. The summed E-state index contributed by atoms with van der Waals surface area (Å²) in [5, 5.41) is 3.59. The summed E-state index contributed by atoms with van der Waals surface area (Å²) >= 11 is 5.41. The second kappa shape index (κ2) is 6.12. The third-order valence-corrected chi connectivity index (χ3v) is 3.93. The summed E-state index contributed by atoms with van der Waals surface area (Å²) in [4.78, 5) is 13.6. The average molecular weight is 308 g/mol. The summed E-state index contributed by atoms with van der Waals surface area (Å²) in [5.41, 5.74) is 3.01. The number of nitrogens with zero attached hydrogens (tertiary/aromatic N) is 1. The molecule has 3 rings (SSSR count). The van der Waals surface area contributed by atoms with E-state index in [1.54, 1.807) is 4.90 Å². The molecule has 1 aliphatic rings. The third kappa shape index (κ3) is 2.78. The van der Waals surface area contributed by atoms with Gasteiger partial charge in [-0.1, -0.05) is 60.7 Å². The van der Waals surface area contributed by atoms with Gasteiger partial charge in [0.25, 0.3) is 0 Å². The van der Waals surface area contributed by atoms with Gasteiger partial charge in [-0.2, -0.15) is 0 Å². The van der Waals surface area contributed by atoms with Crippen molar-refractivity contribution in [2.75, 3.05) is 0 Å². The van der Waals surface area contributed by atoms with Crippen LogP contribution in [-0.4, -0.2) is 15.9 Å². The number of benzene rings is 2. The van der Waals surface area contributed by atoms with Gasteiger partial charge in [-0.15, -0.1) is 0 Å². The normalized spacial score (nSPS) is 17.7. The van der Waals surface area contributed by atoms with Crippen molar-refractivity contribution in [3.63, 3.8) is 0 Å². The van der Waals surface area contributed by atoms with Crippen LogP contribution < -0.4 is 5.32 Å². The summed E-state index contributed by atoms with van der Waals surface area (Å²) in [7, 11) is 0. The standard InChI is InChI=1S/C18H16N2OS/c1-13(21)20-17(15-10-6-3-7-11-15)12-16(19-18(20)22)14-8-4-2-5-9-14/h2-12,17H,1H3,(H,19,22). The Morgan fingerprint density at radius 1 is 1.05 bits per heavy atom. The lowest BCUT2D eigenvalue weighted by atomic mass is 10.00. The average Bonchev–Trinajstić information content (AvgIpc) is 2.55. The van der Waals surface area contributed by atoms with E-state index in [0.29, 0.717) is 5.11 Å². The molecule has 1 atom stereocenters. The van der Waals surface area contributed by atoms with Gasteiger partial charge in [0.05, 0.1) is 6.04 Å². The van der Waals surface area contributed by atoms with Gasteiger partial charge >= 0.3 is 0 Å². The summed E-state index contributed by atoms with van der Waals surface area (Å²) in [6, 6.07) is 19.7. The van der Waals surface area contributed by atoms with Gasteiger partial charge in [0.2, 0.25) is 5.91 Å². The predicted molar refractivity (Wildman–Crippen MR) is 91.9 cm³/mol. The second-order valence-corrected chi connectivity index (χ2v) is 5.51. The molecule has 0 bridgehead atoms. The van der Waals surface area contributed by atoms with E-state index in [-0.39, 0.29) is 11.9 Å². The van der Waals surface area contributed by atoms with Crippen LogP contribution >= 0.6 is 12.2 Å². The molecule has 0 aromatic heterocycles. The molecule has 1 amide bonds. The molecule has 22 heavy (non-hydrogen) atoms. The van der Waals surface area contributed by atoms with E-state index in [1.165, 1.54) is 6.92 Å². The summed E-state index contributed by atoms with van der Waals surface area (Å²) < 4.78 is 0. The molecule has 3 nitrogen and oxygen atoms in total. The van der Waals surface area contributed by atoms with Crippen LogP contribution in [0.3, 0.4) is 0 Å². The van der Waals surface area contributed by atoms with Gasteiger partial charge < -0.3 is 5.32 Å². The smallest absolute Gasteiger partial charge is 0.226 e. The first kappa shape index (κ1) is 14.5. The van der Waals surface area contributed by atoms with Crippen LogP contribution in [-0.2, 0) is 4.79 Å². The van der Waals surface area contributed by atoms with Crippen LogP contribution in [0.25, 0.3) is 5.70 Å². The number of hydrogen-bond donors (Lipinski definition) is 1. The Morgan fingerprint density at radius 2 is 1.64 bits per heavy atom. The van der Waals surface area contributed by atoms with E-state index in [0.717, 1.165) is 16.8 Å². The fraction of sp³-hybridized carbons (Fsp3) is 0.111. The zero-order chi connectivity index (χ0) is 15.5.